The first-order valence-corrected chi connectivity index (χ1v) is 6.34. The van der Waals surface area contributed by atoms with E-state index in [0.717, 1.165) is 11.1 Å². The number of carboxylic acids is 1. The topological polar surface area (TPSA) is 87.7 Å². The van der Waals surface area contributed by atoms with Crippen molar-refractivity contribution in [2.45, 2.75) is 26.3 Å². The van der Waals surface area contributed by atoms with Gasteiger partial charge >= 0.3 is 12.0 Å². The predicted molar refractivity (Wildman–Crippen MR) is 74.9 cm³/mol. The predicted octanol–water partition coefficient (Wildman–Crippen LogP) is 1.84. The standard InChI is InChI=1S/C14H20N2O4/c1-9-4-5-12(20-3)11(8-9)10(2)16-14(19)15-7-6-13(17)18/h4-5,8,10H,6-7H2,1-3H3,(H,17,18)(H2,15,16,19)/t10-/m1/s1. The van der Waals surface area contributed by atoms with Gasteiger partial charge < -0.3 is 20.5 Å². The Balaban J connectivity index is 2.61. The Morgan fingerprint density at radius 3 is 2.70 bits per heavy atom. The lowest BCUT2D eigenvalue weighted by molar-refractivity contribution is -0.136. The van der Waals surface area contributed by atoms with E-state index in [-0.39, 0.29) is 19.0 Å². The summed E-state index contributed by atoms with van der Waals surface area (Å²) in [5.74, 6) is -0.243. The number of urea groups is 1. The summed E-state index contributed by atoms with van der Waals surface area (Å²) in [5, 5.41) is 13.7. The molecule has 1 aromatic rings. The van der Waals surface area contributed by atoms with Crippen LogP contribution in [-0.4, -0.2) is 30.8 Å². The monoisotopic (exact) mass is 280 g/mol. The number of amides is 2. The number of carbonyl (C=O) groups is 2. The van der Waals surface area contributed by atoms with E-state index in [1.807, 2.05) is 32.0 Å². The van der Waals surface area contributed by atoms with E-state index in [0.29, 0.717) is 5.75 Å². The van der Waals surface area contributed by atoms with Crippen LogP contribution in [0.1, 0.15) is 30.5 Å². The van der Waals surface area contributed by atoms with Gasteiger partial charge in [0.1, 0.15) is 5.75 Å². The van der Waals surface area contributed by atoms with Crippen LogP contribution in [0.15, 0.2) is 18.2 Å². The van der Waals surface area contributed by atoms with E-state index >= 15 is 0 Å². The number of hydrogen-bond donors (Lipinski definition) is 3. The van der Waals surface area contributed by atoms with Gasteiger partial charge in [-0.1, -0.05) is 17.7 Å². The molecule has 0 radical (unpaired) electrons. The molecule has 0 saturated heterocycles. The average Bonchev–Trinajstić information content (AvgIpc) is 2.38. The SMILES string of the molecule is COc1ccc(C)cc1[C@@H](C)NC(=O)NCCC(=O)O. The fraction of sp³-hybridized carbons (Fsp3) is 0.429. The van der Waals surface area contributed by atoms with Gasteiger partial charge in [-0.15, -0.1) is 0 Å². The van der Waals surface area contributed by atoms with E-state index in [1.165, 1.54) is 0 Å². The quantitative estimate of drug-likeness (QED) is 0.742. The van der Waals surface area contributed by atoms with Gasteiger partial charge in [-0.25, -0.2) is 4.79 Å². The second-order valence-corrected chi connectivity index (χ2v) is 4.51. The van der Waals surface area contributed by atoms with Crippen molar-refractivity contribution in [1.82, 2.24) is 10.6 Å². The Bertz CT molecular complexity index is 488. The number of nitrogens with one attached hydrogen (secondary N) is 2. The summed E-state index contributed by atoms with van der Waals surface area (Å²) in [5.41, 5.74) is 1.95. The van der Waals surface area contributed by atoms with Crippen LogP contribution in [0.2, 0.25) is 0 Å². The largest absolute Gasteiger partial charge is 0.496 e. The lowest BCUT2D eigenvalue weighted by atomic mass is 10.0. The third kappa shape index (κ3) is 4.79. The number of carboxylic acid groups (broad SMARTS) is 1. The molecule has 0 aliphatic heterocycles. The van der Waals surface area contributed by atoms with Gasteiger partial charge in [0.05, 0.1) is 19.6 Å². The molecule has 0 saturated carbocycles. The Morgan fingerprint density at radius 1 is 1.40 bits per heavy atom. The first-order chi connectivity index (χ1) is 9.43. The molecule has 0 unspecified atom stereocenters. The molecule has 6 heteroatoms. The fourth-order valence-corrected chi connectivity index (χ4v) is 1.80. The van der Waals surface area contributed by atoms with Crippen LogP contribution in [-0.2, 0) is 4.79 Å². The molecular weight excluding hydrogens is 260 g/mol. The normalized spacial score (nSPS) is 11.6. The molecule has 3 N–H and O–H groups in total. The van der Waals surface area contributed by atoms with Crippen molar-refractivity contribution in [1.29, 1.82) is 0 Å². The maximum atomic E-state index is 11.6. The number of benzene rings is 1. The van der Waals surface area contributed by atoms with Crippen molar-refractivity contribution in [3.05, 3.63) is 29.3 Å². The highest BCUT2D eigenvalue weighted by Gasteiger charge is 2.14. The number of hydrogen-bond acceptors (Lipinski definition) is 3. The van der Waals surface area contributed by atoms with Gasteiger partial charge in [-0.05, 0) is 19.9 Å². The van der Waals surface area contributed by atoms with Crippen molar-refractivity contribution in [2.24, 2.45) is 0 Å². The van der Waals surface area contributed by atoms with E-state index < -0.39 is 12.0 Å². The Kier molecular flexibility index (Phi) is 5.83. The fourth-order valence-electron chi connectivity index (χ4n) is 1.80. The highest BCUT2D eigenvalue weighted by atomic mass is 16.5. The zero-order valence-corrected chi connectivity index (χ0v) is 11.9. The van der Waals surface area contributed by atoms with Crippen LogP contribution in [0.5, 0.6) is 5.75 Å². The molecule has 6 nitrogen and oxygen atoms in total. The minimum atomic E-state index is -0.946. The molecule has 0 aliphatic rings. The summed E-state index contributed by atoms with van der Waals surface area (Å²) in [6.07, 6.45) is -0.102. The van der Waals surface area contributed by atoms with Gasteiger partial charge in [-0.3, -0.25) is 4.79 Å². The molecule has 110 valence electrons. The summed E-state index contributed by atoms with van der Waals surface area (Å²) < 4.78 is 5.27. The molecule has 1 rings (SSSR count). The van der Waals surface area contributed by atoms with Gasteiger partial charge in [0, 0.05) is 12.1 Å². The Morgan fingerprint density at radius 2 is 2.10 bits per heavy atom. The smallest absolute Gasteiger partial charge is 0.315 e. The van der Waals surface area contributed by atoms with Crippen molar-refractivity contribution in [2.75, 3.05) is 13.7 Å². The van der Waals surface area contributed by atoms with E-state index in [2.05, 4.69) is 10.6 Å². The highest BCUT2D eigenvalue weighted by Crippen LogP contribution is 2.25. The number of carbonyl (C=O) groups excluding carboxylic acids is 1. The maximum absolute atomic E-state index is 11.6. The number of ether oxygens (including phenoxy) is 1. The summed E-state index contributed by atoms with van der Waals surface area (Å²) in [4.78, 5) is 22.0. The van der Waals surface area contributed by atoms with E-state index in [1.54, 1.807) is 7.11 Å². The van der Waals surface area contributed by atoms with Crippen LogP contribution >= 0.6 is 0 Å². The Labute approximate surface area is 118 Å². The number of methoxy groups -OCH3 is 1. The van der Waals surface area contributed by atoms with E-state index in [4.69, 9.17) is 9.84 Å². The first kappa shape index (κ1) is 15.8. The molecule has 0 fully saturated rings. The zero-order chi connectivity index (χ0) is 15.1. The third-order valence-corrected chi connectivity index (χ3v) is 2.82. The third-order valence-electron chi connectivity index (χ3n) is 2.82. The minimum Gasteiger partial charge on any atom is -0.496 e. The van der Waals surface area contributed by atoms with E-state index in [9.17, 15) is 9.59 Å². The van der Waals surface area contributed by atoms with Gasteiger partial charge in [0.15, 0.2) is 0 Å². The van der Waals surface area contributed by atoms with Crippen LogP contribution in [0, 0.1) is 6.92 Å². The number of aliphatic carboxylic acids is 1. The summed E-state index contributed by atoms with van der Waals surface area (Å²) in [6.45, 7) is 3.90. The first-order valence-electron chi connectivity index (χ1n) is 6.34. The van der Waals surface area contributed by atoms with Crippen molar-refractivity contribution < 1.29 is 19.4 Å². The molecule has 1 aromatic carbocycles. The van der Waals surface area contributed by atoms with Crippen LogP contribution in [0.3, 0.4) is 0 Å². The Hall–Kier alpha value is -2.24. The molecule has 0 spiro atoms. The average molecular weight is 280 g/mol. The van der Waals surface area contributed by atoms with Gasteiger partial charge in [0.25, 0.3) is 0 Å². The summed E-state index contributed by atoms with van der Waals surface area (Å²) >= 11 is 0. The highest BCUT2D eigenvalue weighted by molar-refractivity contribution is 5.75. The molecule has 0 heterocycles. The molecule has 0 bridgehead atoms. The summed E-state index contributed by atoms with van der Waals surface area (Å²) in [7, 11) is 1.58. The number of rotatable bonds is 6. The molecule has 0 aromatic heterocycles. The molecule has 0 aliphatic carbocycles. The maximum Gasteiger partial charge on any atom is 0.315 e. The minimum absolute atomic E-state index is 0.0961. The van der Waals surface area contributed by atoms with Crippen LogP contribution < -0.4 is 15.4 Å². The molecule has 20 heavy (non-hydrogen) atoms. The van der Waals surface area contributed by atoms with Crippen molar-refractivity contribution in [3.63, 3.8) is 0 Å². The second kappa shape index (κ2) is 7.37. The summed E-state index contributed by atoms with van der Waals surface area (Å²) in [6, 6.07) is 5.09. The molecule has 2 amide bonds. The lowest BCUT2D eigenvalue weighted by Crippen LogP contribution is -2.38. The second-order valence-electron chi connectivity index (χ2n) is 4.51. The molecular formula is C14H20N2O4. The van der Waals surface area contributed by atoms with Crippen molar-refractivity contribution >= 4 is 12.0 Å². The van der Waals surface area contributed by atoms with Gasteiger partial charge in [0.2, 0.25) is 0 Å². The lowest BCUT2D eigenvalue weighted by Gasteiger charge is -2.18. The van der Waals surface area contributed by atoms with Crippen molar-refractivity contribution in [3.8, 4) is 5.75 Å². The number of aryl methyl sites for hydroxylation is 1. The van der Waals surface area contributed by atoms with Crippen LogP contribution in [0.4, 0.5) is 4.79 Å². The van der Waals surface area contributed by atoms with Gasteiger partial charge in [-0.2, -0.15) is 0 Å². The zero-order valence-electron chi connectivity index (χ0n) is 11.9. The molecule has 1 atom stereocenters. The van der Waals surface area contributed by atoms with Crippen LogP contribution in [0.25, 0.3) is 0 Å².